The molecule has 2 aliphatic carbocycles. The lowest BCUT2D eigenvalue weighted by molar-refractivity contribution is 0.205. The number of hydrogen-bond donors (Lipinski definition) is 0. The summed E-state index contributed by atoms with van der Waals surface area (Å²) in [5.74, 6) is 1.87. The number of nitriles is 1. The lowest BCUT2D eigenvalue weighted by Gasteiger charge is -2.31. The van der Waals surface area contributed by atoms with Gasteiger partial charge in [-0.15, -0.1) is 0 Å². The molecule has 2 nitrogen and oxygen atoms in total. The predicted octanol–water partition coefficient (Wildman–Crippen LogP) is 1.98. The van der Waals surface area contributed by atoms with Gasteiger partial charge in [0.25, 0.3) is 0 Å². The zero-order chi connectivity index (χ0) is 8.55. The Kier molecular flexibility index (Phi) is 1.96. The van der Waals surface area contributed by atoms with E-state index < -0.39 is 0 Å². The van der Waals surface area contributed by atoms with Crippen LogP contribution in [0.25, 0.3) is 0 Å². The highest BCUT2D eigenvalue weighted by Gasteiger charge is 2.35. The largest absolute Gasteiger partial charge is 0.311 e. The third kappa shape index (κ3) is 1.29. The molecule has 12 heavy (non-hydrogen) atoms. The number of nitrogens with zero attached hydrogens (tertiary/aromatic N) is 2. The predicted molar refractivity (Wildman–Crippen MR) is 47.2 cm³/mol. The van der Waals surface area contributed by atoms with Gasteiger partial charge in [-0.3, -0.25) is 0 Å². The quantitative estimate of drug-likeness (QED) is 0.437. The molecule has 2 rings (SSSR count). The minimum Gasteiger partial charge on any atom is -0.311 e. The van der Waals surface area contributed by atoms with Gasteiger partial charge >= 0.3 is 0 Å². The average Bonchev–Trinajstić information content (AvgIpc) is 2.44. The summed E-state index contributed by atoms with van der Waals surface area (Å²) in [6, 6.07) is 0.557. The van der Waals surface area contributed by atoms with Crippen LogP contribution >= 0.6 is 0 Å². The van der Waals surface area contributed by atoms with E-state index in [0.717, 1.165) is 11.8 Å². The van der Waals surface area contributed by atoms with Crippen molar-refractivity contribution in [3.63, 3.8) is 0 Å². The van der Waals surface area contributed by atoms with Crippen molar-refractivity contribution < 1.29 is 0 Å². The van der Waals surface area contributed by atoms with Gasteiger partial charge in [0.15, 0.2) is 6.19 Å². The van der Waals surface area contributed by atoms with Crippen LogP contribution in [0, 0.1) is 23.3 Å². The second kappa shape index (κ2) is 2.97. The summed E-state index contributed by atoms with van der Waals surface area (Å²) < 4.78 is 0. The molecule has 66 valence electrons. The van der Waals surface area contributed by atoms with Crippen LogP contribution in [0.4, 0.5) is 0 Å². The summed E-state index contributed by atoms with van der Waals surface area (Å²) in [4.78, 5) is 1.85. The smallest absolute Gasteiger partial charge is 0.179 e. The van der Waals surface area contributed by atoms with Crippen molar-refractivity contribution in [2.45, 2.75) is 38.1 Å². The van der Waals surface area contributed by atoms with Crippen LogP contribution in [0.5, 0.6) is 0 Å². The van der Waals surface area contributed by atoms with Crippen molar-refractivity contribution in [2.75, 3.05) is 7.05 Å². The molecule has 2 unspecified atom stereocenters. The van der Waals surface area contributed by atoms with Gasteiger partial charge in [0.05, 0.1) is 0 Å². The van der Waals surface area contributed by atoms with Gasteiger partial charge in [-0.2, -0.15) is 5.26 Å². The molecule has 0 aliphatic heterocycles. The van der Waals surface area contributed by atoms with Gasteiger partial charge in [0, 0.05) is 13.1 Å². The summed E-state index contributed by atoms with van der Waals surface area (Å²) in [6.07, 6.45) is 9.04. The molecule has 2 saturated carbocycles. The van der Waals surface area contributed by atoms with Crippen LogP contribution in [-0.2, 0) is 0 Å². The molecular formula is C10H16N2. The molecule has 0 N–H and O–H groups in total. The summed E-state index contributed by atoms with van der Waals surface area (Å²) in [7, 11) is 1.93. The molecule has 0 amide bonds. The van der Waals surface area contributed by atoms with Crippen molar-refractivity contribution in [2.24, 2.45) is 11.8 Å². The molecule has 0 radical (unpaired) electrons. The number of hydrogen-bond acceptors (Lipinski definition) is 2. The number of fused-ring (bicyclic) bond motifs is 2. The highest BCUT2D eigenvalue weighted by atomic mass is 15.1. The van der Waals surface area contributed by atoms with Gasteiger partial charge in [0.2, 0.25) is 0 Å². The minimum atomic E-state index is 0.557. The molecule has 2 fully saturated rings. The summed E-state index contributed by atoms with van der Waals surface area (Å²) in [6.45, 7) is 0. The van der Waals surface area contributed by atoms with Crippen LogP contribution < -0.4 is 0 Å². The molecule has 2 heteroatoms. The van der Waals surface area contributed by atoms with E-state index in [0.29, 0.717) is 6.04 Å². The van der Waals surface area contributed by atoms with E-state index >= 15 is 0 Å². The van der Waals surface area contributed by atoms with Crippen LogP contribution in [0.1, 0.15) is 32.1 Å². The van der Waals surface area contributed by atoms with Gasteiger partial charge in [-0.25, -0.2) is 0 Å². The molecule has 2 atom stereocenters. The fourth-order valence-electron chi connectivity index (χ4n) is 2.87. The Morgan fingerprint density at radius 1 is 1.17 bits per heavy atom. The Balaban J connectivity index is 1.99. The lowest BCUT2D eigenvalue weighted by Crippen LogP contribution is -2.33. The van der Waals surface area contributed by atoms with Crippen LogP contribution in [0.2, 0.25) is 0 Å². The Labute approximate surface area is 74.2 Å². The molecule has 2 bridgehead atoms. The van der Waals surface area contributed by atoms with Crippen LogP contribution in [0.15, 0.2) is 0 Å². The molecule has 0 aromatic heterocycles. The maximum absolute atomic E-state index is 8.76. The standard InChI is InChI=1S/C10H16N2/c1-12(7-11)10-5-8-2-3-9(4-8)6-10/h8-10H,2-6H2,1H3. The Hall–Kier alpha value is -0.710. The molecule has 0 saturated heterocycles. The first kappa shape index (κ1) is 7.91. The summed E-state index contributed by atoms with van der Waals surface area (Å²) >= 11 is 0. The third-order valence-electron chi connectivity index (χ3n) is 3.57. The highest BCUT2D eigenvalue weighted by Crippen LogP contribution is 2.43. The van der Waals surface area contributed by atoms with Crippen molar-refractivity contribution in [1.29, 1.82) is 5.26 Å². The third-order valence-corrected chi connectivity index (χ3v) is 3.57. The fraction of sp³-hybridized carbons (Fsp3) is 0.900. The molecule has 0 heterocycles. The zero-order valence-electron chi connectivity index (χ0n) is 7.66. The number of rotatable bonds is 1. The lowest BCUT2D eigenvalue weighted by atomic mass is 9.85. The van der Waals surface area contributed by atoms with E-state index in [1.165, 1.54) is 32.1 Å². The van der Waals surface area contributed by atoms with Crippen molar-refractivity contribution in [3.05, 3.63) is 0 Å². The first-order valence-electron chi connectivity index (χ1n) is 4.92. The van der Waals surface area contributed by atoms with Crippen LogP contribution in [0.3, 0.4) is 0 Å². The van der Waals surface area contributed by atoms with E-state index in [1.54, 1.807) is 0 Å². The normalized spacial score (nSPS) is 39.2. The minimum absolute atomic E-state index is 0.557. The van der Waals surface area contributed by atoms with E-state index in [1.807, 2.05) is 11.9 Å². The van der Waals surface area contributed by atoms with Gasteiger partial charge in [-0.1, -0.05) is 12.8 Å². The molecule has 0 spiro atoms. The van der Waals surface area contributed by atoms with Crippen molar-refractivity contribution >= 4 is 0 Å². The van der Waals surface area contributed by atoms with E-state index in [4.69, 9.17) is 5.26 Å². The van der Waals surface area contributed by atoms with Gasteiger partial charge in [0.1, 0.15) is 0 Å². The summed E-state index contributed by atoms with van der Waals surface area (Å²) in [5, 5.41) is 8.76. The molecule has 0 aromatic rings. The first-order valence-corrected chi connectivity index (χ1v) is 4.92. The second-order valence-electron chi connectivity index (χ2n) is 4.38. The highest BCUT2D eigenvalue weighted by molar-refractivity contribution is 4.91. The first-order chi connectivity index (χ1) is 5.79. The van der Waals surface area contributed by atoms with Gasteiger partial charge in [-0.05, 0) is 31.1 Å². The van der Waals surface area contributed by atoms with Gasteiger partial charge < -0.3 is 4.90 Å². The van der Waals surface area contributed by atoms with Crippen molar-refractivity contribution in [1.82, 2.24) is 4.90 Å². The average molecular weight is 164 g/mol. The maximum atomic E-state index is 8.76. The Morgan fingerprint density at radius 3 is 2.25 bits per heavy atom. The topological polar surface area (TPSA) is 27.0 Å². The Bertz CT molecular complexity index is 194. The molecular weight excluding hydrogens is 148 g/mol. The van der Waals surface area contributed by atoms with Crippen molar-refractivity contribution in [3.8, 4) is 6.19 Å². The monoisotopic (exact) mass is 164 g/mol. The molecule has 2 aliphatic rings. The zero-order valence-corrected chi connectivity index (χ0v) is 7.66. The summed E-state index contributed by atoms with van der Waals surface area (Å²) in [5.41, 5.74) is 0. The van der Waals surface area contributed by atoms with E-state index in [9.17, 15) is 0 Å². The maximum Gasteiger partial charge on any atom is 0.179 e. The Morgan fingerprint density at radius 2 is 1.75 bits per heavy atom. The van der Waals surface area contributed by atoms with E-state index in [-0.39, 0.29) is 0 Å². The molecule has 0 aromatic carbocycles. The second-order valence-corrected chi connectivity index (χ2v) is 4.38. The van der Waals surface area contributed by atoms with E-state index in [2.05, 4.69) is 6.19 Å². The van der Waals surface area contributed by atoms with Crippen LogP contribution in [-0.4, -0.2) is 18.0 Å². The SMILES string of the molecule is CN(C#N)C1CC2CCC(C2)C1. The fourth-order valence-corrected chi connectivity index (χ4v) is 2.87.